The van der Waals surface area contributed by atoms with E-state index in [1.807, 2.05) is 48.5 Å². The van der Waals surface area contributed by atoms with Crippen molar-refractivity contribution in [2.45, 2.75) is 25.4 Å². The van der Waals surface area contributed by atoms with Crippen molar-refractivity contribution in [3.05, 3.63) is 99.8 Å². The number of allylic oxidation sites excluding steroid dienone is 1. The number of fused-ring (bicyclic) bond motifs is 3. The Hall–Kier alpha value is -3.59. The Morgan fingerprint density at radius 2 is 1.90 bits per heavy atom. The van der Waals surface area contributed by atoms with Crippen molar-refractivity contribution in [2.24, 2.45) is 17.8 Å². The maximum absolute atomic E-state index is 13.7. The van der Waals surface area contributed by atoms with Gasteiger partial charge in [-0.25, -0.2) is 0 Å². The third-order valence-corrected chi connectivity index (χ3v) is 8.82. The van der Waals surface area contributed by atoms with Crippen molar-refractivity contribution in [3.8, 4) is 5.75 Å². The van der Waals surface area contributed by atoms with E-state index in [0.29, 0.717) is 43.7 Å². The third kappa shape index (κ3) is 5.27. The molecular weight excluding hydrogens is 584 g/mol. The van der Waals surface area contributed by atoms with Gasteiger partial charge in [0.15, 0.2) is 0 Å². The minimum Gasteiger partial charge on any atom is -0.507 e. The molecule has 0 saturated carbocycles. The van der Waals surface area contributed by atoms with E-state index < -0.39 is 11.8 Å². The van der Waals surface area contributed by atoms with Gasteiger partial charge in [-0.05, 0) is 84.5 Å². The van der Waals surface area contributed by atoms with E-state index in [1.54, 1.807) is 37.6 Å². The SMILES string of the molecule is COCC1=C2[C@@H](CC/C(=C/c3cc(Br)ccc3O)c3ccccn3)OC[C@@H]2[C@@H]2C(=O)N(c3ccccc3)C(=O)[C@@H]2C1. The average molecular weight is 616 g/mol. The van der Waals surface area contributed by atoms with Crippen LogP contribution in [0.2, 0.25) is 0 Å². The molecule has 0 bridgehead atoms. The van der Waals surface area contributed by atoms with E-state index in [2.05, 4.69) is 20.9 Å². The molecule has 0 spiro atoms. The monoisotopic (exact) mass is 614 g/mol. The molecule has 7 nitrogen and oxygen atoms in total. The maximum Gasteiger partial charge on any atom is 0.238 e. The number of halogens is 1. The Labute approximate surface area is 247 Å². The van der Waals surface area contributed by atoms with Crippen LogP contribution in [0.1, 0.15) is 30.5 Å². The Morgan fingerprint density at radius 3 is 2.66 bits per heavy atom. The van der Waals surface area contributed by atoms with Crippen LogP contribution in [0, 0.1) is 17.8 Å². The summed E-state index contributed by atoms with van der Waals surface area (Å²) in [7, 11) is 1.66. The highest BCUT2D eigenvalue weighted by Crippen LogP contribution is 2.50. The number of benzene rings is 2. The Bertz CT molecular complexity index is 1520. The highest BCUT2D eigenvalue weighted by Gasteiger charge is 2.57. The average Bonchev–Trinajstić information content (AvgIpc) is 3.52. The molecule has 2 aliphatic heterocycles. The molecule has 1 aromatic heterocycles. The minimum absolute atomic E-state index is 0.142. The number of phenols is 1. The first kappa shape index (κ1) is 27.6. The zero-order valence-corrected chi connectivity index (χ0v) is 24.3. The summed E-state index contributed by atoms with van der Waals surface area (Å²) in [5.74, 6) is -1.11. The Balaban J connectivity index is 1.29. The predicted molar refractivity (Wildman–Crippen MR) is 160 cm³/mol. The largest absolute Gasteiger partial charge is 0.507 e. The van der Waals surface area contributed by atoms with E-state index in [-0.39, 0.29) is 29.6 Å². The molecule has 3 aromatic rings. The number of amides is 2. The maximum atomic E-state index is 13.7. The number of methoxy groups -OCH3 is 1. The van der Waals surface area contributed by atoms with Crippen molar-refractivity contribution >= 4 is 45.1 Å². The summed E-state index contributed by atoms with van der Waals surface area (Å²) < 4.78 is 12.8. The van der Waals surface area contributed by atoms with Crippen molar-refractivity contribution in [1.29, 1.82) is 0 Å². The van der Waals surface area contributed by atoms with Gasteiger partial charge in [-0.3, -0.25) is 19.5 Å². The van der Waals surface area contributed by atoms with E-state index in [9.17, 15) is 14.7 Å². The first-order valence-electron chi connectivity index (χ1n) is 13.8. The number of aromatic nitrogens is 1. The second-order valence-corrected chi connectivity index (χ2v) is 11.6. The molecule has 1 aliphatic carbocycles. The number of anilines is 1. The van der Waals surface area contributed by atoms with E-state index in [4.69, 9.17) is 9.47 Å². The fraction of sp³-hybridized carbons (Fsp3) is 0.303. The first-order chi connectivity index (χ1) is 20.0. The predicted octanol–water partition coefficient (Wildman–Crippen LogP) is 6.04. The van der Waals surface area contributed by atoms with Crippen molar-refractivity contribution in [3.63, 3.8) is 0 Å². The van der Waals surface area contributed by atoms with Crippen LogP contribution in [-0.2, 0) is 19.1 Å². The fourth-order valence-electron chi connectivity index (χ4n) is 6.55. The summed E-state index contributed by atoms with van der Waals surface area (Å²) in [4.78, 5) is 33.2. The summed E-state index contributed by atoms with van der Waals surface area (Å²) in [6.07, 6.45) is 5.32. The van der Waals surface area contributed by atoms with Gasteiger partial charge in [0, 0.05) is 29.3 Å². The second-order valence-electron chi connectivity index (χ2n) is 10.7. The quantitative estimate of drug-likeness (QED) is 0.246. The van der Waals surface area contributed by atoms with Crippen LogP contribution in [0.25, 0.3) is 11.6 Å². The van der Waals surface area contributed by atoms with Gasteiger partial charge in [-0.2, -0.15) is 0 Å². The summed E-state index contributed by atoms with van der Waals surface area (Å²) >= 11 is 3.50. The lowest BCUT2D eigenvalue weighted by Crippen LogP contribution is -2.35. The van der Waals surface area contributed by atoms with Crippen molar-refractivity contribution in [2.75, 3.05) is 25.2 Å². The molecule has 0 unspecified atom stereocenters. The van der Waals surface area contributed by atoms with Gasteiger partial charge in [0.25, 0.3) is 0 Å². The molecule has 1 N–H and O–H groups in total. The highest BCUT2D eigenvalue weighted by atomic mass is 79.9. The van der Waals surface area contributed by atoms with Gasteiger partial charge >= 0.3 is 0 Å². The first-order valence-corrected chi connectivity index (χ1v) is 14.6. The van der Waals surface area contributed by atoms with Crippen LogP contribution in [0.15, 0.2) is 88.5 Å². The lowest BCUT2D eigenvalue weighted by Gasteiger charge is -2.31. The normalized spacial score (nSPS) is 24.1. The molecule has 2 amide bonds. The van der Waals surface area contributed by atoms with Crippen LogP contribution in [-0.4, -0.2) is 48.3 Å². The van der Waals surface area contributed by atoms with Gasteiger partial charge < -0.3 is 14.6 Å². The van der Waals surface area contributed by atoms with Crippen LogP contribution in [0.3, 0.4) is 0 Å². The topological polar surface area (TPSA) is 89.0 Å². The van der Waals surface area contributed by atoms with E-state index in [1.165, 1.54) is 4.90 Å². The van der Waals surface area contributed by atoms with Gasteiger partial charge in [-0.1, -0.05) is 40.2 Å². The summed E-state index contributed by atoms with van der Waals surface area (Å²) in [5.41, 5.74) is 5.27. The summed E-state index contributed by atoms with van der Waals surface area (Å²) in [6.45, 7) is 0.793. The minimum atomic E-state index is -0.437. The molecule has 0 radical (unpaired) electrons. The molecule has 41 heavy (non-hydrogen) atoms. The van der Waals surface area contributed by atoms with Gasteiger partial charge in [-0.15, -0.1) is 0 Å². The lowest BCUT2D eigenvalue weighted by molar-refractivity contribution is -0.122. The standard InChI is InChI=1S/C33H31BrN2O5/c1-40-18-22-17-25-31(33(39)36(32(25)38)24-7-3-2-4-8-24)26-19-41-29(30(22)26)13-10-20(27-9-5-6-14-35-27)15-21-16-23(34)11-12-28(21)37/h2-9,11-12,14-16,25-26,29,31,37H,10,13,17-19H2,1H3/b20-15-/t25-,26+,29-,31-/m1/s1. The molecule has 3 heterocycles. The Kier molecular flexibility index (Phi) is 7.88. The number of phenolic OH excluding ortho intramolecular Hbond substituents is 1. The number of ether oxygens (including phenoxy) is 2. The number of carbonyl (C=O) groups excluding carboxylic acids is 2. The number of pyridine rings is 1. The fourth-order valence-corrected chi connectivity index (χ4v) is 6.93. The number of rotatable bonds is 8. The van der Waals surface area contributed by atoms with Gasteiger partial charge in [0.2, 0.25) is 11.8 Å². The third-order valence-electron chi connectivity index (χ3n) is 8.33. The van der Waals surface area contributed by atoms with Gasteiger partial charge in [0.05, 0.1) is 42.5 Å². The molecule has 4 atom stereocenters. The van der Waals surface area contributed by atoms with E-state index in [0.717, 1.165) is 26.9 Å². The van der Waals surface area contributed by atoms with E-state index >= 15 is 0 Å². The number of para-hydroxylation sites is 1. The van der Waals surface area contributed by atoms with Gasteiger partial charge in [0.1, 0.15) is 5.75 Å². The Morgan fingerprint density at radius 1 is 1.10 bits per heavy atom. The highest BCUT2D eigenvalue weighted by molar-refractivity contribution is 9.10. The number of aromatic hydroxyl groups is 1. The molecule has 2 saturated heterocycles. The zero-order chi connectivity index (χ0) is 28.5. The smallest absolute Gasteiger partial charge is 0.238 e. The number of hydrogen-bond acceptors (Lipinski definition) is 6. The second kappa shape index (κ2) is 11.7. The summed E-state index contributed by atoms with van der Waals surface area (Å²) in [6, 6.07) is 20.3. The molecule has 6 rings (SSSR count). The molecular formula is C33H31BrN2O5. The van der Waals surface area contributed by atoms with Crippen LogP contribution >= 0.6 is 15.9 Å². The van der Waals surface area contributed by atoms with Crippen LogP contribution < -0.4 is 4.90 Å². The van der Waals surface area contributed by atoms with Crippen molar-refractivity contribution < 1.29 is 24.2 Å². The number of imide groups is 1. The van der Waals surface area contributed by atoms with Crippen LogP contribution in [0.5, 0.6) is 5.75 Å². The zero-order valence-electron chi connectivity index (χ0n) is 22.7. The molecule has 210 valence electrons. The lowest BCUT2D eigenvalue weighted by atomic mass is 9.69. The number of nitrogens with zero attached hydrogens (tertiary/aromatic N) is 2. The number of carbonyl (C=O) groups is 2. The molecule has 8 heteroatoms. The molecule has 3 aliphatic rings. The van der Waals surface area contributed by atoms with Crippen LogP contribution in [0.4, 0.5) is 5.69 Å². The number of hydrogen-bond donors (Lipinski definition) is 1. The molecule has 2 fully saturated rings. The summed E-state index contributed by atoms with van der Waals surface area (Å²) in [5, 5.41) is 10.5. The molecule has 2 aromatic carbocycles. The van der Waals surface area contributed by atoms with Crippen molar-refractivity contribution in [1.82, 2.24) is 4.98 Å².